The van der Waals surface area contributed by atoms with Crippen LogP contribution in [0.3, 0.4) is 0 Å². The minimum atomic E-state index is -0.405. The van der Waals surface area contributed by atoms with Gasteiger partial charge in [0.25, 0.3) is 11.1 Å². The SMILES string of the molecule is CN(Cc1ccccc1)c1cc(/C=C2\SC(=O)NC2=O)nc(N2CCN(c3cncnc3)CC2)n1. The molecule has 0 radical (unpaired) electrons. The Bertz CT molecular complexity index is 1250. The van der Waals surface area contributed by atoms with Crippen LogP contribution in [0.5, 0.6) is 0 Å². The molecule has 4 heterocycles. The molecule has 5 rings (SSSR count). The van der Waals surface area contributed by atoms with Crippen molar-refractivity contribution in [1.82, 2.24) is 25.3 Å². The van der Waals surface area contributed by atoms with Crippen LogP contribution in [-0.4, -0.2) is 64.3 Å². The second-order valence-electron chi connectivity index (χ2n) is 8.22. The third-order valence-electron chi connectivity index (χ3n) is 5.77. The van der Waals surface area contributed by atoms with Gasteiger partial charge in [-0.05, 0) is 23.4 Å². The van der Waals surface area contributed by atoms with Crippen molar-refractivity contribution in [3.63, 3.8) is 0 Å². The van der Waals surface area contributed by atoms with Gasteiger partial charge in [-0.1, -0.05) is 30.3 Å². The highest BCUT2D eigenvalue weighted by molar-refractivity contribution is 8.18. The minimum absolute atomic E-state index is 0.324. The molecule has 2 fully saturated rings. The van der Waals surface area contributed by atoms with Crippen LogP contribution in [0.1, 0.15) is 11.3 Å². The van der Waals surface area contributed by atoms with Crippen molar-refractivity contribution in [2.75, 3.05) is 47.9 Å². The van der Waals surface area contributed by atoms with Crippen LogP contribution in [0.25, 0.3) is 6.08 Å². The first kappa shape index (κ1) is 22.8. The maximum absolute atomic E-state index is 12.1. The Balaban J connectivity index is 1.41. The number of carbonyl (C=O) groups is 2. The van der Waals surface area contributed by atoms with Gasteiger partial charge in [-0.3, -0.25) is 14.9 Å². The van der Waals surface area contributed by atoms with E-state index in [0.717, 1.165) is 55.0 Å². The van der Waals surface area contributed by atoms with Gasteiger partial charge in [-0.25, -0.2) is 15.0 Å². The van der Waals surface area contributed by atoms with E-state index >= 15 is 0 Å². The summed E-state index contributed by atoms with van der Waals surface area (Å²) in [4.78, 5) is 48.3. The van der Waals surface area contributed by atoms with Crippen LogP contribution < -0.4 is 20.0 Å². The topological polar surface area (TPSA) is 107 Å². The number of benzene rings is 1. The van der Waals surface area contributed by atoms with E-state index in [0.29, 0.717) is 23.1 Å². The molecule has 1 aromatic carbocycles. The lowest BCUT2D eigenvalue weighted by Crippen LogP contribution is -2.47. The van der Waals surface area contributed by atoms with E-state index in [9.17, 15) is 9.59 Å². The fourth-order valence-electron chi connectivity index (χ4n) is 3.96. The molecule has 0 bridgehead atoms. The molecule has 0 spiro atoms. The van der Waals surface area contributed by atoms with Crippen molar-refractivity contribution in [3.05, 3.63) is 71.3 Å². The Morgan fingerprint density at radius 1 is 1.03 bits per heavy atom. The number of aromatic nitrogens is 4. The number of amides is 2. The van der Waals surface area contributed by atoms with Crippen molar-refractivity contribution in [1.29, 1.82) is 0 Å². The molecule has 0 atom stereocenters. The molecule has 10 nitrogen and oxygen atoms in total. The average molecular weight is 489 g/mol. The van der Waals surface area contributed by atoms with Crippen molar-refractivity contribution < 1.29 is 9.59 Å². The largest absolute Gasteiger partial charge is 0.365 e. The maximum atomic E-state index is 12.1. The summed E-state index contributed by atoms with van der Waals surface area (Å²) in [5.74, 6) is 0.922. The first-order chi connectivity index (χ1) is 17.0. The Morgan fingerprint density at radius 2 is 1.74 bits per heavy atom. The Labute approximate surface area is 207 Å². The molecule has 2 amide bonds. The number of nitrogens with zero attached hydrogens (tertiary/aromatic N) is 7. The standard InChI is InChI=1S/C24H24N8O2S/c1-30(15-17-5-3-2-4-6-17)21-12-18(11-20-22(33)29-24(34)35-20)27-23(28-21)32-9-7-31(8-10-32)19-13-25-16-26-14-19/h2-6,11-14,16H,7-10,15H2,1H3,(H,29,33,34)/b20-11-. The highest BCUT2D eigenvalue weighted by Gasteiger charge is 2.26. The normalized spacial score (nSPS) is 17.1. The quantitative estimate of drug-likeness (QED) is 0.520. The Morgan fingerprint density at radius 3 is 2.43 bits per heavy atom. The lowest BCUT2D eigenvalue weighted by molar-refractivity contribution is -0.115. The van der Waals surface area contributed by atoms with E-state index in [1.54, 1.807) is 6.08 Å². The van der Waals surface area contributed by atoms with E-state index < -0.39 is 5.91 Å². The zero-order chi connectivity index (χ0) is 24.2. The number of imide groups is 1. The van der Waals surface area contributed by atoms with Crippen LogP contribution in [0, 0.1) is 0 Å². The molecule has 0 aliphatic carbocycles. The van der Waals surface area contributed by atoms with Crippen LogP contribution in [-0.2, 0) is 11.3 Å². The molecule has 2 aromatic heterocycles. The average Bonchev–Trinajstić information content (AvgIpc) is 3.21. The fraction of sp³-hybridized carbons (Fsp3) is 0.250. The summed E-state index contributed by atoms with van der Waals surface area (Å²) in [6.45, 7) is 3.69. The van der Waals surface area contributed by atoms with Crippen LogP contribution in [0.15, 0.2) is 60.0 Å². The molecule has 178 valence electrons. The monoisotopic (exact) mass is 488 g/mol. The maximum Gasteiger partial charge on any atom is 0.290 e. The minimum Gasteiger partial charge on any atom is -0.365 e. The highest BCUT2D eigenvalue weighted by Crippen LogP contribution is 2.27. The van der Waals surface area contributed by atoms with Gasteiger partial charge in [0.2, 0.25) is 5.95 Å². The molecule has 2 aliphatic heterocycles. The van der Waals surface area contributed by atoms with Crippen LogP contribution in [0.4, 0.5) is 22.2 Å². The van der Waals surface area contributed by atoms with E-state index in [1.807, 2.05) is 48.6 Å². The summed E-state index contributed by atoms with van der Waals surface area (Å²) in [7, 11) is 1.98. The number of rotatable bonds is 6. The molecule has 2 aliphatic rings. The third-order valence-corrected chi connectivity index (χ3v) is 6.58. The molecule has 35 heavy (non-hydrogen) atoms. The van der Waals surface area contributed by atoms with Gasteiger partial charge in [0.05, 0.1) is 28.7 Å². The van der Waals surface area contributed by atoms with Crippen molar-refractivity contribution >= 4 is 46.4 Å². The van der Waals surface area contributed by atoms with Gasteiger partial charge in [0, 0.05) is 45.8 Å². The van der Waals surface area contributed by atoms with E-state index in [2.05, 4.69) is 37.2 Å². The summed E-state index contributed by atoms with van der Waals surface area (Å²) >= 11 is 0.880. The number of nitrogens with one attached hydrogen (secondary N) is 1. The van der Waals surface area contributed by atoms with Gasteiger partial charge < -0.3 is 14.7 Å². The third kappa shape index (κ3) is 5.40. The van der Waals surface area contributed by atoms with Crippen molar-refractivity contribution in [2.24, 2.45) is 0 Å². The van der Waals surface area contributed by atoms with Crippen LogP contribution in [0.2, 0.25) is 0 Å². The van der Waals surface area contributed by atoms with Crippen LogP contribution >= 0.6 is 11.8 Å². The summed E-state index contributed by atoms with van der Waals surface area (Å²) in [5, 5.41) is 1.92. The number of hydrogen-bond acceptors (Lipinski definition) is 10. The van der Waals surface area contributed by atoms with Gasteiger partial charge in [0.1, 0.15) is 12.1 Å². The summed E-state index contributed by atoms with van der Waals surface area (Å²) in [6.07, 6.45) is 6.80. The van der Waals surface area contributed by atoms with Gasteiger partial charge in [0.15, 0.2) is 0 Å². The number of thioether (sulfide) groups is 1. The fourth-order valence-corrected chi connectivity index (χ4v) is 4.63. The molecule has 0 saturated carbocycles. The zero-order valence-electron chi connectivity index (χ0n) is 19.2. The molecule has 11 heteroatoms. The van der Waals surface area contributed by atoms with Gasteiger partial charge in [-0.2, -0.15) is 4.98 Å². The molecule has 1 N–H and O–H groups in total. The van der Waals surface area contributed by atoms with E-state index in [4.69, 9.17) is 9.97 Å². The second kappa shape index (κ2) is 10.1. The summed E-state index contributed by atoms with van der Waals surface area (Å²) < 4.78 is 0. The van der Waals surface area contributed by atoms with Crippen molar-refractivity contribution in [3.8, 4) is 0 Å². The predicted molar refractivity (Wildman–Crippen MR) is 136 cm³/mol. The number of hydrogen-bond donors (Lipinski definition) is 1. The highest BCUT2D eigenvalue weighted by atomic mass is 32.2. The zero-order valence-corrected chi connectivity index (χ0v) is 20.0. The molecule has 0 unspecified atom stereocenters. The first-order valence-corrected chi connectivity index (χ1v) is 12.0. The first-order valence-electron chi connectivity index (χ1n) is 11.2. The molecular formula is C24H24N8O2S. The molecule has 3 aromatic rings. The summed E-state index contributed by atoms with van der Waals surface area (Å²) in [5.41, 5.74) is 2.73. The Kier molecular flexibility index (Phi) is 6.57. The number of piperazine rings is 1. The van der Waals surface area contributed by atoms with Gasteiger partial charge >= 0.3 is 0 Å². The van der Waals surface area contributed by atoms with Crippen molar-refractivity contribution in [2.45, 2.75) is 6.54 Å². The number of carbonyl (C=O) groups excluding carboxylic acids is 2. The molecular weight excluding hydrogens is 464 g/mol. The van der Waals surface area contributed by atoms with E-state index in [1.165, 1.54) is 6.33 Å². The van der Waals surface area contributed by atoms with E-state index in [-0.39, 0.29) is 5.24 Å². The molecule has 2 saturated heterocycles. The Hall–Kier alpha value is -3.99. The van der Waals surface area contributed by atoms with Gasteiger partial charge in [-0.15, -0.1) is 0 Å². The lowest BCUT2D eigenvalue weighted by atomic mass is 10.2. The summed E-state index contributed by atoms with van der Waals surface area (Å²) in [6, 6.07) is 12.0. The predicted octanol–water partition coefficient (Wildman–Crippen LogP) is 2.55. The lowest BCUT2D eigenvalue weighted by Gasteiger charge is -2.36. The second-order valence-corrected chi connectivity index (χ2v) is 9.23. The smallest absolute Gasteiger partial charge is 0.290 e. The number of anilines is 3.